The molecule has 0 spiro atoms. The number of nitrogens with zero attached hydrogens (tertiary/aromatic N) is 3. The van der Waals surface area contributed by atoms with Gasteiger partial charge in [0.2, 0.25) is 0 Å². The molecule has 0 atom stereocenters. The average molecular weight is 273 g/mol. The largest absolute Gasteiger partial charge is 0.349 e. The molecule has 0 aliphatic rings. The summed E-state index contributed by atoms with van der Waals surface area (Å²) in [5.74, 6) is 0. The van der Waals surface area contributed by atoms with Gasteiger partial charge < -0.3 is 4.57 Å². The molecular weight excluding hydrogens is 258 g/mol. The van der Waals surface area contributed by atoms with E-state index in [-0.39, 0.29) is 0 Å². The average Bonchev–Trinajstić information content (AvgIpc) is 2.89. The van der Waals surface area contributed by atoms with Crippen LogP contribution in [0.2, 0.25) is 0 Å². The van der Waals surface area contributed by atoms with E-state index in [0.717, 1.165) is 12.1 Å². The van der Waals surface area contributed by atoms with Crippen molar-refractivity contribution in [2.75, 3.05) is 0 Å². The van der Waals surface area contributed by atoms with E-state index in [1.54, 1.807) is 6.20 Å². The Morgan fingerprint density at radius 3 is 2.62 bits per heavy atom. The van der Waals surface area contributed by atoms with Crippen LogP contribution in [0.15, 0.2) is 61.2 Å². The molecule has 21 heavy (non-hydrogen) atoms. The van der Waals surface area contributed by atoms with Gasteiger partial charge in [-0.15, -0.1) is 0 Å². The number of hydrogen-bond donors (Lipinski definition) is 0. The van der Waals surface area contributed by atoms with E-state index in [1.165, 1.54) is 16.7 Å². The quantitative estimate of drug-likeness (QED) is 0.646. The molecule has 2 aromatic heterocycles. The van der Waals surface area contributed by atoms with E-state index in [0.29, 0.717) is 5.69 Å². The third-order valence-corrected chi connectivity index (χ3v) is 3.47. The Bertz CT molecular complexity index is 778. The SMILES string of the molecule is [C-]#[N+]c1ccc(-c2cn(Cc3cccnc3)cc2C)cc1. The molecule has 0 N–H and O–H groups in total. The molecule has 1 aromatic carbocycles. The number of aromatic nitrogens is 2. The molecule has 0 saturated heterocycles. The van der Waals surface area contributed by atoms with Crippen LogP contribution in [0.1, 0.15) is 11.1 Å². The zero-order valence-corrected chi connectivity index (χ0v) is 11.8. The summed E-state index contributed by atoms with van der Waals surface area (Å²) in [6.45, 7) is 9.93. The first kappa shape index (κ1) is 13.1. The van der Waals surface area contributed by atoms with Crippen LogP contribution in [-0.4, -0.2) is 9.55 Å². The van der Waals surface area contributed by atoms with Gasteiger partial charge in [0.1, 0.15) is 0 Å². The van der Waals surface area contributed by atoms with Gasteiger partial charge in [-0.25, -0.2) is 4.85 Å². The van der Waals surface area contributed by atoms with Gasteiger partial charge in [0, 0.05) is 36.9 Å². The Kier molecular flexibility index (Phi) is 3.53. The molecule has 0 saturated carbocycles. The second kappa shape index (κ2) is 5.64. The van der Waals surface area contributed by atoms with E-state index in [1.807, 2.05) is 36.5 Å². The van der Waals surface area contributed by atoms with Crippen LogP contribution in [-0.2, 0) is 6.54 Å². The van der Waals surface area contributed by atoms with Crippen molar-refractivity contribution in [3.63, 3.8) is 0 Å². The van der Waals surface area contributed by atoms with Gasteiger partial charge >= 0.3 is 0 Å². The van der Waals surface area contributed by atoms with E-state index in [2.05, 4.69) is 39.8 Å². The molecule has 0 aliphatic carbocycles. The Morgan fingerprint density at radius 2 is 1.95 bits per heavy atom. The monoisotopic (exact) mass is 273 g/mol. The van der Waals surface area contributed by atoms with Crippen molar-refractivity contribution in [3.05, 3.63) is 83.7 Å². The number of hydrogen-bond acceptors (Lipinski definition) is 1. The molecule has 0 fully saturated rings. The molecule has 3 aromatic rings. The van der Waals surface area contributed by atoms with E-state index < -0.39 is 0 Å². The van der Waals surface area contributed by atoms with Crippen molar-refractivity contribution < 1.29 is 0 Å². The van der Waals surface area contributed by atoms with Gasteiger partial charge in [-0.3, -0.25) is 4.98 Å². The van der Waals surface area contributed by atoms with E-state index >= 15 is 0 Å². The molecule has 0 unspecified atom stereocenters. The highest BCUT2D eigenvalue weighted by Gasteiger charge is 2.06. The van der Waals surface area contributed by atoms with Gasteiger partial charge in [-0.2, -0.15) is 0 Å². The molecule has 0 amide bonds. The maximum absolute atomic E-state index is 7.01. The summed E-state index contributed by atoms with van der Waals surface area (Å²) in [4.78, 5) is 7.57. The molecular formula is C18H15N3. The highest BCUT2D eigenvalue weighted by molar-refractivity contribution is 5.68. The fourth-order valence-corrected chi connectivity index (χ4v) is 2.43. The topological polar surface area (TPSA) is 22.2 Å². The summed E-state index contributed by atoms with van der Waals surface area (Å²) in [6.07, 6.45) is 7.97. The Balaban J connectivity index is 1.89. The molecule has 0 bridgehead atoms. The summed E-state index contributed by atoms with van der Waals surface area (Å²) in [7, 11) is 0. The van der Waals surface area contributed by atoms with Crippen LogP contribution in [0.25, 0.3) is 16.0 Å². The minimum Gasteiger partial charge on any atom is -0.349 e. The van der Waals surface area contributed by atoms with Crippen molar-refractivity contribution in [2.24, 2.45) is 0 Å². The lowest BCUT2D eigenvalue weighted by molar-refractivity contribution is 0.800. The molecule has 0 aliphatic heterocycles. The van der Waals surface area contributed by atoms with Crippen LogP contribution in [0.5, 0.6) is 0 Å². The summed E-state index contributed by atoms with van der Waals surface area (Å²) in [6, 6.07) is 11.8. The second-order valence-electron chi connectivity index (χ2n) is 5.05. The Labute approximate surface area is 124 Å². The second-order valence-corrected chi connectivity index (χ2v) is 5.05. The summed E-state index contributed by atoms with van der Waals surface area (Å²) in [5.41, 5.74) is 5.43. The normalized spacial score (nSPS) is 10.3. The number of pyridine rings is 1. The summed E-state index contributed by atoms with van der Waals surface area (Å²) >= 11 is 0. The summed E-state index contributed by atoms with van der Waals surface area (Å²) < 4.78 is 2.17. The smallest absolute Gasteiger partial charge is 0.187 e. The van der Waals surface area contributed by atoms with Gasteiger partial charge in [0.05, 0.1) is 6.57 Å². The maximum atomic E-state index is 7.01. The Hall–Kier alpha value is -2.86. The third-order valence-electron chi connectivity index (χ3n) is 3.47. The molecule has 102 valence electrons. The van der Waals surface area contributed by atoms with Gasteiger partial charge in [-0.1, -0.05) is 30.3 Å². The fraction of sp³-hybridized carbons (Fsp3) is 0.111. The zero-order chi connectivity index (χ0) is 14.7. The highest BCUT2D eigenvalue weighted by atomic mass is 14.9. The number of rotatable bonds is 3. The first-order chi connectivity index (χ1) is 10.3. The van der Waals surface area contributed by atoms with Crippen molar-refractivity contribution in [3.8, 4) is 11.1 Å². The maximum Gasteiger partial charge on any atom is 0.187 e. The minimum atomic E-state index is 0.672. The third kappa shape index (κ3) is 2.85. The standard InChI is InChI=1S/C18H15N3/c1-14-11-21(12-15-4-3-9-20-10-15)13-18(14)16-5-7-17(19-2)8-6-16/h3-11,13H,12H2,1H3. The van der Waals surface area contributed by atoms with Crippen molar-refractivity contribution in [1.82, 2.24) is 9.55 Å². The first-order valence-electron chi connectivity index (χ1n) is 6.79. The Morgan fingerprint density at radius 1 is 1.14 bits per heavy atom. The van der Waals surface area contributed by atoms with Crippen LogP contribution in [0, 0.1) is 13.5 Å². The number of aryl methyl sites for hydroxylation is 1. The molecule has 3 nitrogen and oxygen atoms in total. The van der Waals surface area contributed by atoms with Crippen molar-refractivity contribution >= 4 is 5.69 Å². The molecule has 2 heterocycles. The lowest BCUT2D eigenvalue weighted by Crippen LogP contribution is -1.96. The first-order valence-corrected chi connectivity index (χ1v) is 6.79. The fourth-order valence-electron chi connectivity index (χ4n) is 2.43. The highest BCUT2D eigenvalue weighted by Crippen LogP contribution is 2.26. The molecule has 0 radical (unpaired) electrons. The van der Waals surface area contributed by atoms with E-state index in [4.69, 9.17) is 6.57 Å². The predicted molar refractivity (Wildman–Crippen MR) is 84.2 cm³/mol. The van der Waals surface area contributed by atoms with Crippen LogP contribution in [0.4, 0.5) is 5.69 Å². The van der Waals surface area contributed by atoms with Gasteiger partial charge in [0.15, 0.2) is 5.69 Å². The lowest BCUT2D eigenvalue weighted by Gasteiger charge is -2.02. The molecule has 3 heteroatoms. The predicted octanol–water partition coefficient (Wildman–Crippen LogP) is 4.46. The lowest BCUT2D eigenvalue weighted by atomic mass is 10.1. The van der Waals surface area contributed by atoms with Gasteiger partial charge in [0.25, 0.3) is 0 Å². The van der Waals surface area contributed by atoms with Crippen molar-refractivity contribution in [1.29, 1.82) is 0 Å². The van der Waals surface area contributed by atoms with Gasteiger partial charge in [-0.05, 0) is 29.7 Å². The van der Waals surface area contributed by atoms with Crippen LogP contribution in [0.3, 0.4) is 0 Å². The number of benzene rings is 1. The summed E-state index contributed by atoms with van der Waals surface area (Å²) in [5, 5.41) is 0. The molecule has 3 rings (SSSR count). The van der Waals surface area contributed by atoms with Crippen LogP contribution < -0.4 is 0 Å². The van der Waals surface area contributed by atoms with E-state index in [9.17, 15) is 0 Å². The van der Waals surface area contributed by atoms with Crippen LogP contribution >= 0.6 is 0 Å². The van der Waals surface area contributed by atoms with Crippen molar-refractivity contribution in [2.45, 2.75) is 13.5 Å². The zero-order valence-electron chi connectivity index (χ0n) is 11.8. The minimum absolute atomic E-state index is 0.672.